The summed E-state index contributed by atoms with van der Waals surface area (Å²) in [6.45, 7) is 8.09. The number of carbonyl (C=O) groups is 2. The number of hydrogen-bond donors (Lipinski definition) is 2. The van der Waals surface area contributed by atoms with E-state index < -0.39 is 23.3 Å². The minimum Gasteiger partial charge on any atom is -0.430 e. The standard InChI is InChI=1S/C9H16N2O3/c1-5(2)9(11,7(10)12)8(13)14-6(3)4/h5H,3,11H2,1-2,4H3,(H2,10,12)/t9-/m0/s1. The molecule has 0 fully saturated rings. The Morgan fingerprint density at radius 1 is 1.43 bits per heavy atom. The molecular formula is C9H16N2O3. The number of nitrogens with two attached hydrogens (primary N) is 2. The maximum Gasteiger partial charge on any atom is 0.341 e. The molecule has 1 amide bonds. The van der Waals surface area contributed by atoms with E-state index in [9.17, 15) is 9.59 Å². The van der Waals surface area contributed by atoms with Crippen LogP contribution in [0.3, 0.4) is 0 Å². The predicted molar refractivity (Wildman–Crippen MR) is 51.9 cm³/mol. The van der Waals surface area contributed by atoms with E-state index in [0.29, 0.717) is 0 Å². The van der Waals surface area contributed by atoms with Gasteiger partial charge in [0, 0.05) is 0 Å². The summed E-state index contributed by atoms with van der Waals surface area (Å²) in [6.07, 6.45) is 0. The van der Waals surface area contributed by atoms with Gasteiger partial charge in [-0.3, -0.25) is 4.79 Å². The second kappa shape index (κ2) is 4.23. The molecule has 1 atom stereocenters. The lowest BCUT2D eigenvalue weighted by Crippen LogP contribution is -2.62. The fraction of sp³-hybridized carbons (Fsp3) is 0.556. The lowest BCUT2D eigenvalue weighted by atomic mass is 9.87. The van der Waals surface area contributed by atoms with Crippen LogP contribution < -0.4 is 11.5 Å². The van der Waals surface area contributed by atoms with Crippen LogP contribution in [0.2, 0.25) is 0 Å². The smallest absolute Gasteiger partial charge is 0.341 e. The van der Waals surface area contributed by atoms with Crippen LogP contribution in [-0.4, -0.2) is 17.4 Å². The number of esters is 1. The van der Waals surface area contributed by atoms with Crippen LogP contribution in [-0.2, 0) is 14.3 Å². The highest BCUT2D eigenvalue weighted by Gasteiger charge is 2.45. The Morgan fingerprint density at radius 2 is 1.86 bits per heavy atom. The molecule has 4 N–H and O–H groups in total. The number of hydrogen-bond acceptors (Lipinski definition) is 4. The number of amides is 1. The minimum absolute atomic E-state index is 0.173. The van der Waals surface area contributed by atoms with Crippen molar-refractivity contribution in [1.82, 2.24) is 0 Å². The first-order chi connectivity index (χ1) is 6.22. The van der Waals surface area contributed by atoms with Crippen molar-refractivity contribution in [1.29, 1.82) is 0 Å². The van der Waals surface area contributed by atoms with Gasteiger partial charge >= 0.3 is 5.97 Å². The lowest BCUT2D eigenvalue weighted by Gasteiger charge is -2.27. The van der Waals surface area contributed by atoms with Crippen molar-refractivity contribution in [3.8, 4) is 0 Å². The van der Waals surface area contributed by atoms with Crippen molar-refractivity contribution in [3.63, 3.8) is 0 Å². The second-order valence-electron chi connectivity index (χ2n) is 3.48. The van der Waals surface area contributed by atoms with Gasteiger partial charge in [-0.05, 0) is 12.8 Å². The van der Waals surface area contributed by atoms with Gasteiger partial charge < -0.3 is 16.2 Å². The van der Waals surface area contributed by atoms with E-state index in [1.54, 1.807) is 13.8 Å². The Balaban J connectivity index is 4.93. The molecular weight excluding hydrogens is 184 g/mol. The molecule has 14 heavy (non-hydrogen) atoms. The first-order valence-corrected chi connectivity index (χ1v) is 4.19. The average molecular weight is 200 g/mol. The SMILES string of the molecule is C=C(C)OC(=O)[C@@](N)(C(N)=O)C(C)C. The van der Waals surface area contributed by atoms with Gasteiger partial charge in [0.2, 0.25) is 5.91 Å². The molecule has 0 aromatic heterocycles. The van der Waals surface area contributed by atoms with E-state index in [4.69, 9.17) is 11.5 Å². The van der Waals surface area contributed by atoms with Crippen molar-refractivity contribution in [2.24, 2.45) is 17.4 Å². The summed E-state index contributed by atoms with van der Waals surface area (Å²) in [6, 6.07) is 0. The monoisotopic (exact) mass is 200 g/mol. The number of ether oxygens (including phenoxy) is 1. The number of primary amides is 1. The van der Waals surface area contributed by atoms with E-state index >= 15 is 0 Å². The topological polar surface area (TPSA) is 95.4 Å². The van der Waals surface area contributed by atoms with Crippen LogP contribution in [0.15, 0.2) is 12.3 Å². The molecule has 0 aliphatic rings. The first-order valence-electron chi connectivity index (χ1n) is 4.19. The van der Waals surface area contributed by atoms with Crippen LogP contribution in [0.1, 0.15) is 20.8 Å². The lowest BCUT2D eigenvalue weighted by molar-refractivity contribution is -0.152. The van der Waals surface area contributed by atoms with Gasteiger partial charge in [-0.2, -0.15) is 0 Å². The Labute approximate surface area is 83.1 Å². The Morgan fingerprint density at radius 3 is 2.07 bits per heavy atom. The van der Waals surface area contributed by atoms with Gasteiger partial charge in [-0.1, -0.05) is 20.4 Å². The largest absolute Gasteiger partial charge is 0.430 e. The molecule has 0 aliphatic carbocycles. The van der Waals surface area contributed by atoms with Gasteiger partial charge in [-0.25, -0.2) is 4.79 Å². The van der Waals surface area contributed by atoms with E-state index in [0.717, 1.165) is 0 Å². The predicted octanol–water partition coefficient (Wildman–Crippen LogP) is -0.0980. The van der Waals surface area contributed by atoms with E-state index in [1.807, 2.05) is 0 Å². The van der Waals surface area contributed by atoms with Gasteiger partial charge in [0.15, 0.2) is 5.54 Å². The Hall–Kier alpha value is -1.36. The van der Waals surface area contributed by atoms with Gasteiger partial charge in [0.1, 0.15) is 0 Å². The molecule has 0 aromatic rings. The molecule has 80 valence electrons. The fourth-order valence-electron chi connectivity index (χ4n) is 0.863. The van der Waals surface area contributed by atoms with E-state index in [2.05, 4.69) is 11.3 Å². The summed E-state index contributed by atoms with van der Waals surface area (Å²) >= 11 is 0. The Bertz CT molecular complexity index is 273. The van der Waals surface area contributed by atoms with E-state index in [1.165, 1.54) is 6.92 Å². The fourth-order valence-corrected chi connectivity index (χ4v) is 0.863. The molecule has 0 saturated heterocycles. The summed E-state index contributed by atoms with van der Waals surface area (Å²) in [5.41, 5.74) is 8.85. The number of carbonyl (C=O) groups excluding carboxylic acids is 2. The molecule has 0 bridgehead atoms. The van der Waals surface area contributed by atoms with Crippen molar-refractivity contribution in [3.05, 3.63) is 12.3 Å². The second-order valence-corrected chi connectivity index (χ2v) is 3.48. The molecule has 0 unspecified atom stereocenters. The first kappa shape index (κ1) is 12.6. The summed E-state index contributed by atoms with van der Waals surface area (Å²) in [5.74, 6) is -2.04. The molecule has 0 heterocycles. The zero-order valence-electron chi connectivity index (χ0n) is 8.66. The zero-order valence-corrected chi connectivity index (χ0v) is 8.66. The maximum absolute atomic E-state index is 11.4. The Kier molecular flexibility index (Phi) is 3.82. The quantitative estimate of drug-likeness (QED) is 0.376. The third-order valence-corrected chi connectivity index (χ3v) is 1.92. The molecule has 5 nitrogen and oxygen atoms in total. The highest BCUT2D eigenvalue weighted by atomic mass is 16.5. The van der Waals surface area contributed by atoms with Gasteiger partial charge in [-0.15, -0.1) is 0 Å². The molecule has 0 saturated carbocycles. The molecule has 0 radical (unpaired) electrons. The van der Waals surface area contributed by atoms with Crippen molar-refractivity contribution in [2.75, 3.05) is 0 Å². The van der Waals surface area contributed by atoms with Gasteiger partial charge in [0.25, 0.3) is 0 Å². The van der Waals surface area contributed by atoms with Crippen molar-refractivity contribution in [2.45, 2.75) is 26.3 Å². The zero-order chi connectivity index (χ0) is 11.5. The minimum atomic E-state index is -1.79. The van der Waals surface area contributed by atoms with Crippen LogP contribution in [0.25, 0.3) is 0 Å². The average Bonchev–Trinajstić information content (AvgIpc) is 2.00. The number of rotatable bonds is 4. The molecule has 0 spiro atoms. The third kappa shape index (κ3) is 2.32. The summed E-state index contributed by atoms with van der Waals surface area (Å²) in [4.78, 5) is 22.5. The molecule has 0 rings (SSSR count). The number of allylic oxidation sites excluding steroid dienone is 1. The van der Waals surface area contributed by atoms with Crippen LogP contribution in [0.4, 0.5) is 0 Å². The van der Waals surface area contributed by atoms with E-state index in [-0.39, 0.29) is 5.76 Å². The molecule has 5 heteroatoms. The summed E-state index contributed by atoms with van der Waals surface area (Å²) in [7, 11) is 0. The summed E-state index contributed by atoms with van der Waals surface area (Å²) in [5, 5.41) is 0. The highest BCUT2D eigenvalue weighted by Crippen LogP contribution is 2.16. The maximum atomic E-state index is 11.4. The summed E-state index contributed by atoms with van der Waals surface area (Å²) < 4.78 is 4.68. The molecule has 0 aromatic carbocycles. The third-order valence-electron chi connectivity index (χ3n) is 1.92. The van der Waals surface area contributed by atoms with Crippen LogP contribution in [0, 0.1) is 5.92 Å². The van der Waals surface area contributed by atoms with Crippen LogP contribution in [0.5, 0.6) is 0 Å². The van der Waals surface area contributed by atoms with Gasteiger partial charge in [0.05, 0.1) is 5.76 Å². The van der Waals surface area contributed by atoms with Crippen molar-refractivity contribution < 1.29 is 14.3 Å². The molecule has 0 aliphatic heterocycles. The van der Waals surface area contributed by atoms with Crippen LogP contribution >= 0.6 is 0 Å². The highest BCUT2D eigenvalue weighted by molar-refractivity contribution is 6.07. The van der Waals surface area contributed by atoms with Crippen molar-refractivity contribution >= 4 is 11.9 Å². The normalized spacial score (nSPS) is 14.6.